The van der Waals surface area contributed by atoms with E-state index in [-0.39, 0.29) is 5.91 Å². The minimum Gasteiger partial charge on any atom is -0.497 e. The van der Waals surface area contributed by atoms with Crippen LogP contribution in [0.4, 0.5) is 13.2 Å². The van der Waals surface area contributed by atoms with Gasteiger partial charge in [0.25, 0.3) is 0 Å². The van der Waals surface area contributed by atoms with Crippen LogP contribution in [0.2, 0.25) is 0 Å². The van der Waals surface area contributed by atoms with Crippen molar-refractivity contribution in [1.82, 2.24) is 9.80 Å². The van der Waals surface area contributed by atoms with Crippen LogP contribution in [0.15, 0.2) is 36.9 Å². The molecule has 0 radical (unpaired) electrons. The molecule has 0 aliphatic carbocycles. The Balaban J connectivity index is 0.000000370. The first-order valence-electron chi connectivity index (χ1n) is 9.24. The van der Waals surface area contributed by atoms with Crippen LogP contribution in [0.5, 0.6) is 5.75 Å². The molecule has 0 unspecified atom stereocenters. The maximum Gasteiger partial charge on any atom is 0.490 e. The molecule has 29 heavy (non-hydrogen) atoms. The summed E-state index contributed by atoms with van der Waals surface area (Å²) < 4.78 is 37.0. The number of fused-ring (bicyclic) bond motifs is 1. The fraction of sp³-hybridized carbons (Fsp3) is 0.500. The lowest BCUT2D eigenvalue weighted by Gasteiger charge is -2.25. The number of carboxylic acid groups (broad SMARTS) is 1. The van der Waals surface area contributed by atoms with Crippen LogP contribution in [0.3, 0.4) is 0 Å². The van der Waals surface area contributed by atoms with E-state index in [1.165, 1.54) is 0 Å². The number of ether oxygens (including phenoxy) is 1. The molecule has 2 fully saturated rings. The number of halogens is 3. The van der Waals surface area contributed by atoms with Crippen LogP contribution in [0, 0.1) is 0 Å². The Hall–Kier alpha value is -2.55. The van der Waals surface area contributed by atoms with Gasteiger partial charge in [-0.05, 0) is 30.5 Å². The molecule has 0 aromatic heterocycles. The number of benzene rings is 1. The van der Waals surface area contributed by atoms with E-state index in [9.17, 15) is 18.0 Å². The Kier molecular flexibility index (Phi) is 7.66. The maximum absolute atomic E-state index is 12.7. The van der Waals surface area contributed by atoms with Crippen LogP contribution < -0.4 is 4.74 Å². The van der Waals surface area contributed by atoms with Gasteiger partial charge in [0.1, 0.15) is 5.75 Å². The van der Waals surface area contributed by atoms with Gasteiger partial charge in [0.2, 0.25) is 5.91 Å². The van der Waals surface area contributed by atoms with Crippen molar-refractivity contribution in [2.75, 3.05) is 26.7 Å². The predicted octanol–water partition coefficient (Wildman–Crippen LogP) is 2.73. The summed E-state index contributed by atoms with van der Waals surface area (Å²) >= 11 is 0. The summed E-state index contributed by atoms with van der Waals surface area (Å²) in [6.07, 6.45) is -0.490. The normalized spacial score (nSPS) is 21.2. The van der Waals surface area contributed by atoms with Gasteiger partial charge in [0.05, 0.1) is 13.5 Å². The highest BCUT2D eigenvalue weighted by molar-refractivity contribution is 5.79. The highest BCUT2D eigenvalue weighted by Crippen LogP contribution is 2.32. The van der Waals surface area contributed by atoms with Crippen LogP contribution in [0.25, 0.3) is 0 Å². The molecule has 2 aliphatic heterocycles. The van der Waals surface area contributed by atoms with Gasteiger partial charge in [-0.3, -0.25) is 9.69 Å². The molecule has 0 saturated carbocycles. The fourth-order valence-electron chi connectivity index (χ4n) is 3.84. The second-order valence-corrected chi connectivity index (χ2v) is 6.91. The fourth-order valence-corrected chi connectivity index (χ4v) is 3.84. The van der Waals surface area contributed by atoms with Crippen molar-refractivity contribution >= 4 is 11.9 Å². The lowest BCUT2D eigenvalue weighted by molar-refractivity contribution is -0.192. The van der Waals surface area contributed by atoms with Crippen LogP contribution in [-0.2, 0) is 16.0 Å². The number of hydrogen-bond acceptors (Lipinski definition) is 4. The van der Waals surface area contributed by atoms with E-state index in [0.29, 0.717) is 18.5 Å². The van der Waals surface area contributed by atoms with Crippen molar-refractivity contribution in [1.29, 1.82) is 0 Å². The molecule has 3 rings (SSSR count). The van der Waals surface area contributed by atoms with Gasteiger partial charge in [-0.25, -0.2) is 4.79 Å². The van der Waals surface area contributed by atoms with Crippen molar-refractivity contribution in [2.24, 2.45) is 0 Å². The van der Waals surface area contributed by atoms with E-state index in [1.54, 1.807) is 7.11 Å². The predicted molar refractivity (Wildman–Crippen MR) is 101 cm³/mol. The minimum atomic E-state index is -5.08. The maximum atomic E-state index is 12.7. The van der Waals surface area contributed by atoms with Gasteiger partial charge < -0.3 is 14.7 Å². The molecular formula is C20H25F3N2O4. The van der Waals surface area contributed by atoms with Crippen LogP contribution >= 0.6 is 0 Å². The molecular weight excluding hydrogens is 389 g/mol. The Labute approximate surface area is 167 Å². The van der Waals surface area contributed by atoms with Gasteiger partial charge in [-0.1, -0.05) is 18.2 Å². The molecule has 2 saturated heterocycles. The van der Waals surface area contributed by atoms with Gasteiger partial charge in [0, 0.05) is 31.7 Å². The molecule has 0 bridgehead atoms. The number of methoxy groups -OCH3 is 1. The summed E-state index contributed by atoms with van der Waals surface area (Å²) in [4.78, 5) is 26.1. The number of nitrogens with zero attached hydrogens (tertiary/aromatic N) is 2. The second-order valence-electron chi connectivity index (χ2n) is 6.91. The average Bonchev–Trinajstić information content (AvgIpc) is 3.25. The van der Waals surface area contributed by atoms with Crippen molar-refractivity contribution < 1.29 is 32.6 Å². The summed E-state index contributed by atoms with van der Waals surface area (Å²) in [5, 5.41) is 7.12. The Morgan fingerprint density at radius 2 is 1.93 bits per heavy atom. The molecule has 2 atom stereocenters. The van der Waals surface area contributed by atoms with Crippen LogP contribution in [-0.4, -0.2) is 71.8 Å². The van der Waals surface area contributed by atoms with E-state index >= 15 is 0 Å². The third kappa shape index (κ3) is 5.96. The van der Waals surface area contributed by atoms with E-state index in [1.807, 2.05) is 30.3 Å². The number of alkyl halides is 3. The summed E-state index contributed by atoms with van der Waals surface area (Å²) in [5.41, 5.74) is 1.02. The van der Waals surface area contributed by atoms with Gasteiger partial charge in [-0.15, -0.1) is 6.58 Å². The molecule has 1 amide bonds. The molecule has 1 N–H and O–H groups in total. The Morgan fingerprint density at radius 1 is 1.28 bits per heavy atom. The largest absolute Gasteiger partial charge is 0.497 e. The Bertz CT molecular complexity index is 739. The average molecular weight is 414 g/mol. The zero-order valence-corrected chi connectivity index (χ0v) is 16.2. The molecule has 160 valence electrons. The van der Waals surface area contributed by atoms with Gasteiger partial charge in [-0.2, -0.15) is 13.2 Å². The second kappa shape index (κ2) is 9.78. The SMILES string of the molecule is C=CCN1CC[C@@H]2[C@@H]1CCN2C(=O)Cc1cccc(OC)c1.O=C(O)C(F)(F)F. The van der Waals surface area contributed by atoms with E-state index < -0.39 is 12.1 Å². The van der Waals surface area contributed by atoms with Crippen molar-refractivity contribution in [3.63, 3.8) is 0 Å². The van der Waals surface area contributed by atoms with E-state index in [2.05, 4.69) is 16.4 Å². The molecule has 0 spiro atoms. The third-order valence-corrected chi connectivity index (χ3v) is 5.11. The van der Waals surface area contributed by atoms with Crippen LogP contribution in [0.1, 0.15) is 18.4 Å². The molecule has 2 heterocycles. The standard InChI is InChI=1S/C18H24N2O2.C2HF3O2/c1-3-9-19-10-7-17-16(19)8-11-20(17)18(21)13-14-5-4-6-15(12-14)22-2;3-2(4,5)1(6)7/h3-6,12,16-17H,1,7-11,13H2,2H3;(H,6,7)/t16-,17+;/m0./s1. The number of rotatable bonds is 5. The Morgan fingerprint density at radius 3 is 2.52 bits per heavy atom. The van der Waals surface area contributed by atoms with Gasteiger partial charge in [0.15, 0.2) is 0 Å². The van der Waals surface area contributed by atoms with Crippen molar-refractivity contribution in [3.8, 4) is 5.75 Å². The number of aliphatic carboxylic acids is 1. The molecule has 9 heteroatoms. The monoisotopic (exact) mass is 414 g/mol. The molecule has 1 aromatic rings. The molecule has 2 aliphatic rings. The number of amides is 1. The zero-order chi connectivity index (χ0) is 21.6. The lowest BCUT2D eigenvalue weighted by atomic mass is 10.1. The van der Waals surface area contributed by atoms with E-state index in [0.717, 1.165) is 43.8 Å². The first-order chi connectivity index (χ1) is 13.7. The summed E-state index contributed by atoms with van der Waals surface area (Å²) in [5.74, 6) is -1.71. The highest BCUT2D eigenvalue weighted by atomic mass is 19.4. The third-order valence-electron chi connectivity index (χ3n) is 5.11. The minimum absolute atomic E-state index is 0.237. The van der Waals surface area contributed by atoms with E-state index in [4.69, 9.17) is 14.6 Å². The smallest absolute Gasteiger partial charge is 0.490 e. The van der Waals surface area contributed by atoms with Crippen molar-refractivity contribution in [2.45, 2.75) is 37.5 Å². The lowest BCUT2D eigenvalue weighted by Crippen LogP contribution is -2.40. The summed E-state index contributed by atoms with van der Waals surface area (Å²) in [6, 6.07) is 8.70. The topological polar surface area (TPSA) is 70.1 Å². The number of carbonyl (C=O) groups is 2. The molecule has 6 nitrogen and oxygen atoms in total. The summed E-state index contributed by atoms with van der Waals surface area (Å²) in [7, 11) is 1.65. The number of hydrogen-bond donors (Lipinski definition) is 1. The first kappa shape index (κ1) is 22.7. The number of likely N-dealkylation sites (tertiary alicyclic amines) is 2. The zero-order valence-electron chi connectivity index (χ0n) is 16.2. The number of carbonyl (C=O) groups excluding carboxylic acids is 1. The summed E-state index contributed by atoms with van der Waals surface area (Å²) in [6.45, 7) is 6.71. The van der Waals surface area contributed by atoms with Crippen molar-refractivity contribution in [3.05, 3.63) is 42.5 Å². The van der Waals surface area contributed by atoms with Gasteiger partial charge >= 0.3 is 12.1 Å². The molecule has 1 aromatic carbocycles. The number of carboxylic acids is 1. The quantitative estimate of drug-likeness (QED) is 0.751. The highest BCUT2D eigenvalue weighted by Gasteiger charge is 2.43. The first-order valence-corrected chi connectivity index (χ1v) is 9.24.